The van der Waals surface area contributed by atoms with Crippen LogP contribution in [-0.4, -0.2) is 23.3 Å². The minimum atomic E-state index is -0.682. The van der Waals surface area contributed by atoms with Gasteiger partial charge in [-0.3, -0.25) is 4.79 Å². The van der Waals surface area contributed by atoms with Gasteiger partial charge in [-0.2, -0.15) is 0 Å². The predicted molar refractivity (Wildman–Crippen MR) is 38.3 cm³/mol. The van der Waals surface area contributed by atoms with Gasteiger partial charge in [0.1, 0.15) is 0 Å². The zero-order chi connectivity index (χ0) is 8.11. The molecule has 0 aromatic carbocycles. The van der Waals surface area contributed by atoms with Crippen molar-refractivity contribution in [1.29, 1.82) is 0 Å². The summed E-state index contributed by atoms with van der Waals surface area (Å²) in [4.78, 5) is 10.8. The van der Waals surface area contributed by atoms with Gasteiger partial charge in [-0.1, -0.05) is 0 Å². The Balaban J connectivity index is 2.27. The molecule has 1 saturated heterocycles. The van der Waals surface area contributed by atoms with Crippen LogP contribution in [0, 0.1) is 5.41 Å². The third-order valence-corrected chi connectivity index (χ3v) is 3.00. The summed E-state index contributed by atoms with van der Waals surface area (Å²) in [6.07, 6.45) is 2.40. The Morgan fingerprint density at radius 2 is 2.27 bits per heavy atom. The van der Waals surface area contributed by atoms with Crippen molar-refractivity contribution in [2.45, 2.75) is 31.8 Å². The van der Waals surface area contributed by atoms with Crippen molar-refractivity contribution in [3.05, 3.63) is 0 Å². The molecule has 1 N–H and O–H groups in total. The zero-order valence-corrected chi connectivity index (χ0v) is 6.59. The average Bonchev–Trinajstić information content (AvgIpc) is 2.42. The Morgan fingerprint density at radius 3 is 2.45 bits per heavy atom. The summed E-state index contributed by atoms with van der Waals surface area (Å²) < 4.78 is 5.42. The van der Waals surface area contributed by atoms with Crippen molar-refractivity contribution >= 4 is 5.97 Å². The van der Waals surface area contributed by atoms with Crippen molar-refractivity contribution in [3.63, 3.8) is 0 Å². The predicted octanol–water partition coefficient (Wildman–Crippen LogP) is 1.03. The van der Waals surface area contributed by atoms with Gasteiger partial charge in [-0.05, 0) is 26.2 Å². The molecule has 0 spiro atoms. The number of aliphatic carboxylic acids is 1. The second-order valence-electron chi connectivity index (χ2n) is 4.00. The van der Waals surface area contributed by atoms with Gasteiger partial charge in [-0.15, -0.1) is 0 Å². The number of fused-ring (bicyclic) bond motifs is 2. The summed E-state index contributed by atoms with van der Waals surface area (Å²) in [7, 11) is 0. The van der Waals surface area contributed by atoms with Gasteiger partial charge < -0.3 is 9.84 Å². The lowest BCUT2D eigenvalue weighted by atomic mass is 9.88. The molecule has 2 aliphatic rings. The molecule has 2 atom stereocenters. The van der Waals surface area contributed by atoms with E-state index >= 15 is 0 Å². The van der Waals surface area contributed by atoms with E-state index in [-0.39, 0.29) is 5.60 Å². The van der Waals surface area contributed by atoms with E-state index in [1.54, 1.807) is 0 Å². The van der Waals surface area contributed by atoms with Crippen LogP contribution >= 0.6 is 0 Å². The molecule has 1 aliphatic carbocycles. The van der Waals surface area contributed by atoms with Gasteiger partial charge in [0.25, 0.3) is 0 Å². The molecule has 1 heterocycles. The van der Waals surface area contributed by atoms with Crippen LogP contribution in [0.1, 0.15) is 26.2 Å². The molecule has 2 bridgehead atoms. The first-order valence-electron chi connectivity index (χ1n) is 3.94. The summed E-state index contributed by atoms with van der Waals surface area (Å²) in [5, 5.41) is 8.92. The van der Waals surface area contributed by atoms with Crippen LogP contribution in [0.25, 0.3) is 0 Å². The van der Waals surface area contributed by atoms with E-state index < -0.39 is 11.4 Å². The number of carboxylic acids is 1. The molecule has 2 fully saturated rings. The first-order chi connectivity index (χ1) is 5.06. The minimum Gasteiger partial charge on any atom is -0.481 e. The first-order valence-corrected chi connectivity index (χ1v) is 3.94. The maximum absolute atomic E-state index is 10.8. The molecular weight excluding hydrogens is 144 g/mol. The molecule has 0 aromatic heterocycles. The standard InChI is InChI=1S/C8H12O3/c1-7-2-3-8(4-7,5-11-7)6(9)10/h2-5H2,1H3,(H,9,10)/t7-,8-/m0/s1. The SMILES string of the molecule is C[C@@]12CC[C@@](C(=O)O)(CO1)C2. The Bertz CT molecular complexity index is 201. The highest BCUT2D eigenvalue weighted by Gasteiger charge is 2.57. The van der Waals surface area contributed by atoms with Crippen LogP contribution in [0.15, 0.2) is 0 Å². The Labute approximate surface area is 65.4 Å². The summed E-state index contributed by atoms with van der Waals surface area (Å²) in [5.74, 6) is -0.682. The fourth-order valence-electron chi connectivity index (χ4n) is 2.20. The summed E-state index contributed by atoms with van der Waals surface area (Å²) in [6.45, 7) is 2.42. The molecule has 2 rings (SSSR count). The summed E-state index contributed by atoms with van der Waals surface area (Å²) >= 11 is 0. The number of ether oxygens (including phenoxy) is 1. The van der Waals surface area contributed by atoms with E-state index in [0.29, 0.717) is 13.0 Å². The normalized spacial score (nSPS) is 48.1. The van der Waals surface area contributed by atoms with E-state index in [2.05, 4.69) is 0 Å². The quantitative estimate of drug-likeness (QED) is 0.616. The van der Waals surface area contributed by atoms with Crippen LogP contribution in [0.2, 0.25) is 0 Å². The molecule has 3 heteroatoms. The summed E-state index contributed by atoms with van der Waals surface area (Å²) in [6, 6.07) is 0. The highest BCUT2D eigenvalue weighted by molar-refractivity contribution is 5.76. The van der Waals surface area contributed by atoms with Gasteiger partial charge in [0.05, 0.1) is 17.6 Å². The lowest BCUT2D eigenvalue weighted by molar-refractivity contribution is -0.150. The average molecular weight is 156 g/mol. The van der Waals surface area contributed by atoms with E-state index in [4.69, 9.17) is 9.84 Å². The number of rotatable bonds is 1. The molecule has 1 saturated carbocycles. The van der Waals surface area contributed by atoms with Crippen molar-refractivity contribution < 1.29 is 14.6 Å². The van der Waals surface area contributed by atoms with Crippen molar-refractivity contribution in [1.82, 2.24) is 0 Å². The van der Waals surface area contributed by atoms with Gasteiger partial charge in [-0.25, -0.2) is 0 Å². The number of hydrogen-bond acceptors (Lipinski definition) is 2. The van der Waals surface area contributed by atoms with Crippen molar-refractivity contribution in [2.75, 3.05) is 6.61 Å². The maximum Gasteiger partial charge on any atom is 0.312 e. The number of carboxylic acid groups (broad SMARTS) is 1. The third-order valence-electron chi connectivity index (χ3n) is 3.00. The molecular formula is C8H12O3. The monoisotopic (exact) mass is 156 g/mol. The summed E-state index contributed by atoms with van der Waals surface area (Å²) in [5.41, 5.74) is -0.660. The molecule has 0 amide bonds. The van der Waals surface area contributed by atoms with E-state index in [1.165, 1.54) is 0 Å². The smallest absolute Gasteiger partial charge is 0.312 e. The van der Waals surface area contributed by atoms with Gasteiger partial charge in [0.2, 0.25) is 0 Å². The van der Waals surface area contributed by atoms with Crippen LogP contribution in [-0.2, 0) is 9.53 Å². The largest absolute Gasteiger partial charge is 0.481 e. The molecule has 62 valence electrons. The number of hydrogen-bond donors (Lipinski definition) is 1. The minimum absolute atomic E-state index is 0.127. The van der Waals surface area contributed by atoms with Crippen LogP contribution < -0.4 is 0 Å². The van der Waals surface area contributed by atoms with Crippen molar-refractivity contribution in [3.8, 4) is 0 Å². The lowest BCUT2D eigenvalue weighted by Crippen LogP contribution is -2.30. The lowest BCUT2D eigenvalue weighted by Gasteiger charge is -2.22. The second kappa shape index (κ2) is 1.78. The third kappa shape index (κ3) is 0.805. The maximum atomic E-state index is 10.8. The fourth-order valence-corrected chi connectivity index (χ4v) is 2.20. The first kappa shape index (κ1) is 7.10. The molecule has 0 aromatic rings. The van der Waals surface area contributed by atoms with Crippen LogP contribution in [0.3, 0.4) is 0 Å². The molecule has 0 unspecified atom stereocenters. The van der Waals surface area contributed by atoms with Crippen molar-refractivity contribution in [2.24, 2.45) is 5.41 Å². The van der Waals surface area contributed by atoms with Gasteiger partial charge in [0, 0.05) is 0 Å². The fraction of sp³-hybridized carbons (Fsp3) is 0.875. The topological polar surface area (TPSA) is 46.5 Å². The molecule has 0 radical (unpaired) electrons. The Morgan fingerprint density at radius 1 is 1.55 bits per heavy atom. The second-order valence-corrected chi connectivity index (χ2v) is 4.00. The highest BCUT2D eigenvalue weighted by atomic mass is 16.5. The van der Waals surface area contributed by atoms with Crippen LogP contribution in [0.4, 0.5) is 0 Å². The van der Waals surface area contributed by atoms with Gasteiger partial charge >= 0.3 is 5.97 Å². The molecule has 11 heavy (non-hydrogen) atoms. The highest BCUT2D eigenvalue weighted by Crippen LogP contribution is 2.52. The van der Waals surface area contributed by atoms with E-state index in [1.807, 2.05) is 6.92 Å². The molecule has 3 nitrogen and oxygen atoms in total. The van der Waals surface area contributed by atoms with Gasteiger partial charge in [0.15, 0.2) is 0 Å². The van der Waals surface area contributed by atoms with E-state index in [9.17, 15) is 4.79 Å². The molecule has 1 aliphatic heterocycles. The zero-order valence-electron chi connectivity index (χ0n) is 6.59. The number of carbonyl (C=O) groups is 1. The Hall–Kier alpha value is -0.570. The van der Waals surface area contributed by atoms with Crippen LogP contribution in [0.5, 0.6) is 0 Å². The van der Waals surface area contributed by atoms with E-state index in [0.717, 1.165) is 12.8 Å². The Kier molecular flexibility index (Phi) is 1.15.